The number of hydrogen-bond donors (Lipinski definition) is 2. The molecule has 0 spiro atoms. The van der Waals surface area contributed by atoms with Gasteiger partial charge in [0.25, 0.3) is 11.8 Å². The largest absolute Gasteiger partial charge is 0.392 e. The van der Waals surface area contributed by atoms with Crippen LogP contribution in [0.25, 0.3) is 0 Å². The lowest BCUT2D eigenvalue weighted by atomic mass is 9.81. The van der Waals surface area contributed by atoms with E-state index < -0.39 is 34.9 Å². The summed E-state index contributed by atoms with van der Waals surface area (Å²) >= 11 is 0. The number of rotatable bonds is 10. The Morgan fingerprint density at radius 1 is 0.657 bits per heavy atom. The number of esters is 2. The lowest BCUT2D eigenvalue weighted by Gasteiger charge is -2.35. The normalized spacial score (nSPS) is 13.3. The van der Waals surface area contributed by atoms with Crippen LogP contribution < -0.4 is 10.6 Å². The number of carbonyl (C=O) groups excluding carboxylic acids is 4. The van der Waals surface area contributed by atoms with Crippen LogP contribution in [-0.2, 0) is 14.3 Å². The van der Waals surface area contributed by atoms with Gasteiger partial charge < -0.3 is 15.4 Å². The Bertz CT molecular complexity index is 948. The van der Waals surface area contributed by atoms with E-state index in [-0.39, 0.29) is 11.8 Å². The average molecular weight is 481 g/mol. The summed E-state index contributed by atoms with van der Waals surface area (Å²) < 4.78 is 5.34. The predicted molar refractivity (Wildman–Crippen MR) is 135 cm³/mol. The summed E-state index contributed by atoms with van der Waals surface area (Å²) in [5, 5.41) is 5.77. The molecule has 2 aromatic carbocycles. The summed E-state index contributed by atoms with van der Waals surface area (Å²) in [4.78, 5) is 51.5. The smallest absolute Gasteiger partial charge is 0.321 e. The molecule has 0 aromatic heterocycles. The van der Waals surface area contributed by atoms with Crippen LogP contribution in [0.4, 0.5) is 0 Å². The molecule has 2 rings (SSSR count). The summed E-state index contributed by atoms with van der Waals surface area (Å²) in [5.74, 6) is -2.08. The Hall–Kier alpha value is -3.48. The molecule has 0 fully saturated rings. The van der Waals surface area contributed by atoms with Gasteiger partial charge in [0.15, 0.2) is 0 Å². The molecule has 2 aromatic rings. The van der Waals surface area contributed by atoms with Crippen molar-refractivity contribution in [1.82, 2.24) is 10.6 Å². The van der Waals surface area contributed by atoms with Gasteiger partial charge in [-0.15, -0.1) is 0 Å². The van der Waals surface area contributed by atoms with E-state index in [1.807, 2.05) is 26.0 Å². The van der Waals surface area contributed by atoms with Crippen molar-refractivity contribution in [3.05, 3.63) is 71.8 Å². The highest BCUT2D eigenvalue weighted by Crippen LogP contribution is 2.30. The molecule has 0 saturated heterocycles. The zero-order valence-electron chi connectivity index (χ0n) is 21.4. The van der Waals surface area contributed by atoms with Crippen molar-refractivity contribution in [1.29, 1.82) is 0 Å². The molecule has 2 unspecified atom stereocenters. The molecule has 0 aliphatic heterocycles. The fourth-order valence-electron chi connectivity index (χ4n) is 3.88. The minimum absolute atomic E-state index is 0.306. The van der Waals surface area contributed by atoms with Crippen LogP contribution in [-0.4, -0.2) is 35.8 Å². The Balaban J connectivity index is 2.10. The Morgan fingerprint density at radius 2 is 0.971 bits per heavy atom. The number of carbonyl (C=O) groups is 4. The molecular weight excluding hydrogens is 444 g/mol. The standard InChI is InChI=1S/C28H36N2O5/c1-7-21(29-23(31)19-15-11-9-12-16-19)27(3,4)25(33)35-26(34)28(5,6)22(8-2)30-24(32)20-17-13-10-14-18-20/h9-18,21-22H,7-8H2,1-6H3,(H,29,31)(H,30,32). The first-order valence-corrected chi connectivity index (χ1v) is 11.9. The van der Waals surface area contributed by atoms with Gasteiger partial charge in [-0.3, -0.25) is 19.2 Å². The van der Waals surface area contributed by atoms with Crippen LogP contribution in [0.3, 0.4) is 0 Å². The van der Waals surface area contributed by atoms with Gasteiger partial charge in [0.1, 0.15) is 0 Å². The fraction of sp³-hybridized carbons (Fsp3) is 0.429. The quantitative estimate of drug-likeness (QED) is 0.384. The fourth-order valence-corrected chi connectivity index (χ4v) is 3.88. The number of amides is 2. The first-order chi connectivity index (χ1) is 16.4. The molecule has 2 N–H and O–H groups in total. The molecule has 0 aliphatic carbocycles. The third-order valence-corrected chi connectivity index (χ3v) is 6.48. The van der Waals surface area contributed by atoms with Crippen LogP contribution in [0.15, 0.2) is 60.7 Å². The predicted octanol–water partition coefficient (Wildman–Crippen LogP) is 4.53. The van der Waals surface area contributed by atoms with Crippen LogP contribution in [0.2, 0.25) is 0 Å². The first-order valence-electron chi connectivity index (χ1n) is 11.9. The molecule has 2 amide bonds. The first kappa shape index (κ1) is 27.8. The van der Waals surface area contributed by atoms with Crippen molar-refractivity contribution < 1.29 is 23.9 Å². The summed E-state index contributed by atoms with van der Waals surface area (Å²) in [6, 6.07) is 16.3. The molecule has 0 heterocycles. The summed E-state index contributed by atoms with van der Waals surface area (Å²) in [5.41, 5.74) is -1.38. The van der Waals surface area contributed by atoms with E-state index in [0.717, 1.165) is 0 Å². The molecule has 7 heteroatoms. The highest BCUT2D eigenvalue weighted by molar-refractivity contribution is 5.97. The van der Waals surface area contributed by atoms with Crippen LogP contribution >= 0.6 is 0 Å². The van der Waals surface area contributed by atoms with E-state index in [2.05, 4.69) is 10.6 Å². The van der Waals surface area contributed by atoms with E-state index in [9.17, 15) is 19.2 Å². The van der Waals surface area contributed by atoms with Crippen molar-refractivity contribution in [2.45, 2.75) is 66.5 Å². The van der Waals surface area contributed by atoms with Gasteiger partial charge in [0, 0.05) is 23.2 Å². The maximum absolute atomic E-state index is 13.1. The number of hydrogen-bond acceptors (Lipinski definition) is 5. The molecule has 0 saturated carbocycles. The summed E-state index contributed by atoms with van der Waals surface area (Å²) in [6.07, 6.45) is 0.923. The van der Waals surface area contributed by atoms with Gasteiger partial charge >= 0.3 is 11.9 Å². The molecular formula is C28H36N2O5. The highest BCUT2D eigenvalue weighted by Gasteiger charge is 2.44. The van der Waals surface area contributed by atoms with E-state index in [0.29, 0.717) is 24.0 Å². The second-order valence-corrected chi connectivity index (χ2v) is 9.72. The minimum Gasteiger partial charge on any atom is -0.392 e. The molecule has 7 nitrogen and oxygen atoms in total. The van der Waals surface area contributed by atoms with Crippen molar-refractivity contribution >= 4 is 23.8 Å². The van der Waals surface area contributed by atoms with E-state index >= 15 is 0 Å². The van der Waals surface area contributed by atoms with Crippen molar-refractivity contribution in [3.63, 3.8) is 0 Å². The van der Waals surface area contributed by atoms with Gasteiger partial charge in [-0.25, -0.2) is 0 Å². The minimum atomic E-state index is -1.17. The number of ether oxygens (including phenoxy) is 1. The lowest BCUT2D eigenvalue weighted by Crippen LogP contribution is -2.52. The number of nitrogens with one attached hydrogen (secondary N) is 2. The monoisotopic (exact) mass is 480 g/mol. The Labute approximate surface area is 207 Å². The highest BCUT2D eigenvalue weighted by atomic mass is 16.6. The molecule has 0 aliphatic rings. The maximum atomic E-state index is 13.1. The van der Waals surface area contributed by atoms with Gasteiger partial charge in [-0.1, -0.05) is 50.2 Å². The second-order valence-electron chi connectivity index (χ2n) is 9.72. The molecule has 35 heavy (non-hydrogen) atoms. The van der Waals surface area contributed by atoms with Crippen molar-refractivity contribution in [2.75, 3.05) is 0 Å². The van der Waals surface area contributed by atoms with Gasteiger partial charge in [0.2, 0.25) is 0 Å². The van der Waals surface area contributed by atoms with Gasteiger partial charge in [-0.2, -0.15) is 0 Å². The van der Waals surface area contributed by atoms with Crippen LogP contribution in [0, 0.1) is 10.8 Å². The zero-order chi connectivity index (χ0) is 26.2. The summed E-state index contributed by atoms with van der Waals surface area (Å²) in [7, 11) is 0. The van der Waals surface area contributed by atoms with Crippen molar-refractivity contribution in [3.8, 4) is 0 Å². The van der Waals surface area contributed by atoms with E-state index in [1.54, 1.807) is 76.2 Å². The zero-order valence-corrected chi connectivity index (χ0v) is 21.4. The van der Waals surface area contributed by atoms with Crippen LogP contribution in [0.1, 0.15) is 75.1 Å². The third-order valence-electron chi connectivity index (χ3n) is 6.48. The lowest BCUT2D eigenvalue weighted by molar-refractivity contribution is -0.174. The second kappa shape index (κ2) is 11.8. The Morgan fingerprint density at radius 3 is 1.26 bits per heavy atom. The molecule has 2 atom stereocenters. The van der Waals surface area contributed by atoms with Gasteiger partial charge in [0.05, 0.1) is 10.8 Å². The summed E-state index contributed by atoms with van der Waals surface area (Å²) in [6.45, 7) is 10.3. The Kier molecular flexibility index (Phi) is 9.34. The third kappa shape index (κ3) is 6.78. The van der Waals surface area contributed by atoms with Crippen LogP contribution in [0.5, 0.6) is 0 Å². The van der Waals surface area contributed by atoms with E-state index in [1.165, 1.54) is 0 Å². The SMILES string of the molecule is CCC(NC(=O)c1ccccc1)C(C)(C)C(=O)OC(=O)C(C)(C)C(CC)NC(=O)c1ccccc1. The van der Waals surface area contributed by atoms with E-state index in [4.69, 9.17) is 4.74 Å². The maximum Gasteiger partial charge on any atom is 0.321 e. The average Bonchev–Trinajstić information content (AvgIpc) is 2.86. The van der Waals surface area contributed by atoms with Crippen molar-refractivity contribution in [2.24, 2.45) is 10.8 Å². The number of benzene rings is 2. The van der Waals surface area contributed by atoms with Gasteiger partial charge in [-0.05, 0) is 64.8 Å². The topological polar surface area (TPSA) is 102 Å². The molecule has 188 valence electrons. The molecule has 0 bridgehead atoms. The molecule has 0 radical (unpaired) electrons.